The van der Waals surface area contributed by atoms with Gasteiger partial charge < -0.3 is 4.74 Å². The van der Waals surface area contributed by atoms with Gasteiger partial charge in [0.25, 0.3) is 0 Å². The lowest BCUT2D eigenvalue weighted by Crippen LogP contribution is -2.33. The largest absolute Gasteiger partial charge is 0.497 e. The Morgan fingerprint density at radius 3 is 2.29 bits per heavy atom. The molecule has 2 aromatic rings. The van der Waals surface area contributed by atoms with Gasteiger partial charge in [-0.05, 0) is 56.0 Å². The minimum absolute atomic E-state index is 0.109. The molecule has 1 saturated carbocycles. The van der Waals surface area contributed by atoms with Gasteiger partial charge in [0.05, 0.1) is 12.0 Å². The minimum Gasteiger partial charge on any atom is -0.497 e. The first kappa shape index (κ1) is 17.0. The fourth-order valence-corrected chi connectivity index (χ4v) is 4.78. The Bertz CT molecular complexity index is 824. The summed E-state index contributed by atoms with van der Waals surface area (Å²) in [5.74, 6) is 0.772. The van der Waals surface area contributed by atoms with E-state index in [1.54, 1.807) is 17.5 Å². The third kappa shape index (κ3) is 3.47. The quantitative estimate of drug-likeness (QED) is 0.802. The van der Waals surface area contributed by atoms with Crippen LogP contribution < -0.4 is 4.74 Å². The first-order valence-electron chi connectivity index (χ1n) is 8.14. The second kappa shape index (κ2) is 6.57. The summed E-state index contributed by atoms with van der Waals surface area (Å²) >= 11 is 0. The lowest BCUT2D eigenvalue weighted by atomic mass is 10.2. The maximum absolute atomic E-state index is 13.2. The zero-order chi connectivity index (χ0) is 17.3. The smallest absolute Gasteiger partial charge is 0.243 e. The summed E-state index contributed by atoms with van der Waals surface area (Å²) in [4.78, 5) is 0.411. The van der Waals surface area contributed by atoms with E-state index >= 15 is 0 Å². The van der Waals surface area contributed by atoms with Crippen molar-refractivity contribution in [2.75, 3.05) is 7.11 Å². The second-order valence-corrected chi connectivity index (χ2v) is 8.26. The summed E-state index contributed by atoms with van der Waals surface area (Å²) in [7, 11) is -1.88. The van der Waals surface area contributed by atoms with E-state index in [-0.39, 0.29) is 6.04 Å². The summed E-state index contributed by atoms with van der Waals surface area (Å²) in [6.45, 7) is 4.22. The Kier molecular flexibility index (Phi) is 4.65. The van der Waals surface area contributed by atoms with Gasteiger partial charge in [-0.15, -0.1) is 0 Å². The topological polar surface area (TPSA) is 46.6 Å². The minimum atomic E-state index is -3.50. The van der Waals surface area contributed by atoms with Crippen LogP contribution in [0.25, 0.3) is 0 Å². The number of hydrogen-bond acceptors (Lipinski definition) is 3. The van der Waals surface area contributed by atoms with Crippen LogP contribution in [-0.4, -0.2) is 25.9 Å². The highest BCUT2D eigenvalue weighted by atomic mass is 32.2. The van der Waals surface area contributed by atoms with Crippen LogP contribution in [0, 0.1) is 13.8 Å². The number of rotatable bonds is 6. The zero-order valence-electron chi connectivity index (χ0n) is 14.3. The van der Waals surface area contributed by atoms with E-state index in [9.17, 15) is 8.42 Å². The molecule has 0 radical (unpaired) electrons. The molecule has 0 amide bonds. The lowest BCUT2D eigenvalue weighted by Gasteiger charge is -2.23. The number of methoxy groups -OCH3 is 1. The maximum atomic E-state index is 13.2. The molecule has 0 N–H and O–H groups in total. The molecule has 0 spiro atoms. The van der Waals surface area contributed by atoms with Crippen molar-refractivity contribution in [1.82, 2.24) is 4.31 Å². The van der Waals surface area contributed by atoms with E-state index in [0.29, 0.717) is 11.4 Å². The molecule has 24 heavy (non-hydrogen) atoms. The van der Waals surface area contributed by atoms with Gasteiger partial charge in [0, 0.05) is 12.6 Å². The molecular formula is C19H23NO3S. The Morgan fingerprint density at radius 1 is 1.08 bits per heavy atom. The molecule has 3 rings (SSSR count). The summed E-state index contributed by atoms with van der Waals surface area (Å²) < 4.78 is 33.2. The molecule has 0 aliphatic heterocycles. The van der Waals surface area contributed by atoms with Crippen LogP contribution in [0.3, 0.4) is 0 Å². The van der Waals surface area contributed by atoms with E-state index in [2.05, 4.69) is 0 Å². The Morgan fingerprint density at radius 2 is 1.75 bits per heavy atom. The standard InChI is InChI=1S/C19H23NO3S/c1-14-4-11-19(15(2)12-14)24(21,22)20(17-7-8-17)13-16-5-9-18(23-3)10-6-16/h4-6,9-12,17H,7-8,13H2,1-3H3. The van der Waals surface area contributed by atoms with Crippen molar-refractivity contribution in [3.63, 3.8) is 0 Å². The monoisotopic (exact) mass is 345 g/mol. The molecule has 0 unspecified atom stereocenters. The number of ether oxygens (including phenoxy) is 1. The van der Waals surface area contributed by atoms with Crippen LogP contribution in [0.2, 0.25) is 0 Å². The van der Waals surface area contributed by atoms with E-state index in [1.165, 1.54) is 0 Å². The summed E-state index contributed by atoms with van der Waals surface area (Å²) in [5.41, 5.74) is 2.84. The van der Waals surface area contributed by atoms with Crippen molar-refractivity contribution in [3.05, 3.63) is 59.2 Å². The van der Waals surface area contributed by atoms with Crippen molar-refractivity contribution < 1.29 is 13.2 Å². The molecule has 0 aromatic heterocycles. The first-order chi connectivity index (χ1) is 11.4. The molecule has 5 heteroatoms. The Hall–Kier alpha value is -1.85. The predicted octanol–water partition coefficient (Wildman–Crippen LogP) is 3.67. The molecule has 4 nitrogen and oxygen atoms in total. The third-order valence-corrected chi connectivity index (χ3v) is 6.43. The molecule has 0 heterocycles. The number of benzene rings is 2. The molecule has 1 aliphatic carbocycles. The Balaban J connectivity index is 1.92. The highest BCUT2D eigenvalue weighted by molar-refractivity contribution is 7.89. The molecular weight excluding hydrogens is 322 g/mol. The second-order valence-electron chi connectivity index (χ2n) is 6.40. The molecule has 128 valence electrons. The molecule has 0 bridgehead atoms. The van der Waals surface area contributed by atoms with E-state index in [0.717, 1.165) is 35.3 Å². The third-order valence-electron chi connectivity index (χ3n) is 4.37. The molecule has 0 atom stereocenters. The van der Waals surface area contributed by atoms with Crippen molar-refractivity contribution >= 4 is 10.0 Å². The zero-order valence-corrected chi connectivity index (χ0v) is 15.1. The number of sulfonamides is 1. The molecule has 1 aliphatic rings. The predicted molar refractivity (Wildman–Crippen MR) is 94.7 cm³/mol. The maximum Gasteiger partial charge on any atom is 0.243 e. The van der Waals surface area contributed by atoms with Gasteiger partial charge in [0.15, 0.2) is 0 Å². The number of nitrogens with zero attached hydrogens (tertiary/aromatic N) is 1. The van der Waals surface area contributed by atoms with Gasteiger partial charge in [0.2, 0.25) is 10.0 Å². The summed E-state index contributed by atoms with van der Waals surface area (Å²) in [6, 6.07) is 13.2. The van der Waals surface area contributed by atoms with Gasteiger partial charge in [0.1, 0.15) is 5.75 Å². The van der Waals surface area contributed by atoms with Crippen LogP contribution in [0.15, 0.2) is 47.4 Å². The average Bonchev–Trinajstić information content (AvgIpc) is 3.37. The van der Waals surface area contributed by atoms with Gasteiger partial charge in [-0.3, -0.25) is 0 Å². The first-order valence-corrected chi connectivity index (χ1v) is 9.58. The van der Waals surface area contributed by atoms with E-state index in [1.807, 2.05) is 50.2 Å². The van der Waals surface area contributed by atoms with Crippen molar-refractivity contribution in [2.24, 2.45) is 0 Å². The van der Waals surface area contributed by atoms with Crippen LogP contribution in [0.5, 0.6) is 5.75 Å². The van der Waals surface area contributed by atoms with E-state index < -0.39 is 10.0 Å². The molecule has 2 aromatic carbocycles. The van der Waals surface area contributed by atoms with Gasteiger partial charge in [-0.25, -0.2) is 8.42 Å². The van der Waals surface area contributed by atoms with Crippen molar-refractivity contribution in [2.45, 2.75) is 44.2 Å². The van der Waals surface area contributed by atoms with Crippen molar-refractivity contribution in [1.29, 1.82) is 0 Å². The van der Waals surface area contributed by atoms with Crippen molar-refractivity contribution in [3.8, 4) is 5.75 Å². The fraction of sp³-hybridized carbons (Fsp3) is 0.368. The van der Waals surface area contributed by atoms with Gasteiger partial charge >= 0.3 is 0 Å². The van der Waals surface area contributed by atoms with Crippen LogP contribution >= 0.6 is 0 Å². The summed E-state index contributed by atoms with van der Waals surface area (Å²) in [6.07, 6.45) is 1.86. The van der Waals surface area contributed by atoms with Gasteiger partial charge in [-0.1, -0.05) is 29.8 Å². The number of hydrogen-bond donors (Lipinski definition) is 0. The average molecular weight is 345 g/mol. The SMILES string of the molecule is COc1ccc(CN(C2CC2)S(=O)(=O)c2ccc(C)cc2C)cc1. The van der Waals surface area contributed by atoms with Crippen LogP contribution in [-0.2, 0) is 16.6 Å². The number of aryl methyl sites for hydroxylation is 2. The van der Waals surface area contributed by atoms with Crippen LogP contribution in [0.4, 0.5) is 0 Å². The van der Waals surface area contributed by atoms with Gasteiger partial charge in [-0.2, -0.15) is 4.31 Å². The molecule has 1 fully saturated rings. The van der Waals surface area contributed by atoms with Crippen LogP contribution in [0.1, 0.15) is 29.5 Å². The summed E-state index contributed by atoms with van der Waals surface area (Å²) in [5, 5.41) is 0. The highest BCUT2D eigenvalue weighted by Gasteiger charge is 2.38. The molecule has 0 saturated heterocycles. The lowest BCUT2D eigenvalue weighted by molar-refractivity contribution is 0.396. The highest BCUT2D eigenvalue weighted by Crippen LogP contribution is 2.34. The Labute approximate surface area is 144 Å². The normalized spacial score (nSPS) is 14.8. The fourth-order valence-electron chi connectivity index (χ4n) is 2.90. The van der Waals surface area contributed by atoms with E-state index in [4.69, 9.17) is 4.74 Å².